The summed E-state index contributed by atoms with van der Waals surface area (Å²) in [5.41, 5.74) is 17.2. The molecule has 0 radical (unpaired) electrons. The minimum atomic E-state index is -4.58. The highest BCUT2D eigenvalue weighted by Crippen LogP contribution is 2.38. The summed E-state index contributed by atoms with van der Waals surface area (Å²) >= 11 is 5.83. The predicted molar refractivity (Wildman–Crippen MR) is 361 cm³/mol. The number of aromatic hydroxyl groups is 6. The van der Waals surface area contributed by atoms with Crippen LogP contribution in [0.5, 0.6) is 34.5 Å². The molecule has 6 heterocycles. The van der Waals surface area contributed by atoms with Crippen molar-refractivity contribution in [3.63, 3.8) is 0 Å². The van der Waals surface area contributed by atoms with Crippen LogP contribution >= 0.6 is 11.6 Å². The van der Waals surface area contributed by atoms with Crippen LogP contribution in [0.15, 0.2) is 218 Å². The standard InChI is InChI=1S/C14H15NO.C13H10F3NO.C13H13NO.C12H10ClNO.C12H10FNO.C12H11NO/c1-9-7-12(8-10(2)14(9)16)13-6-4-5-11(3)15-13;1-8-3-2-4-11(17-8)9-5-6-12(18)10(7-9)13(14,15)16;1-9-8-11(15)6-7-12(9)13-5-3-4-10(2)14-13;2*1-8-3-2-4-11(14-8)9-5-6-12(15)10(13)7-9;1-9-3-2-4-12(13-9)10-5-7-11(14)8-6-10/h4-8,16H,1-3H3;2-7,18H,1H3;3-8,15H,1-2H3;2*2-7,15H,1H3;2-8,14H,1H3. The third-order valence-electron chi connectivity index (χ3n) is 13.9. The van der Waals surface area contributed by atoms with E-state index in [0.29, 0.717) is 44.7 Å². The Bertz CT molecular complexity index is 4400. The van der Waals surface area contributed by atoms with Gasteiger partial charge in [0.1, 0.15) is 28.7 Å². The zero-order valence-corrected chi connectivity index (χ0v) is 53.3. The number of aryl methyl sites for hydroxylation is 9. The van der Waals surface area contributed by atoms with Crippen molar-refractivity contribution in [3.05, 3.63) is 286 Å². The van der Waals surface area contributed by atoms with Crippen LogP contribution in [0.25, 0.3) is 67.5 Å². The Morgan fingerprint density at radius 3 is 1.05 bits per heavy atom. The third kappa shape index (κ3) is 20.5. The second-order valence-electron chi connectivity index (χ2n) is 21.6. The van der Waals surface area contributed by atoms with Crippen molar-refractivity contribution in [1.82, 2.24) is 29.9 Å². The van der Waals surface area contributed by atoms with Crippen LogP contribution in [0.1, 0.15) is 56.4 Å². The summed E-state index contributed by atoms with van der Waals surface area (Å²) < 4.78 is 51.0. The first-order valence-electron chi connectivity index (χ1n) is 29.1. The highest BCUT2D eigenvalue weighted by atomic mass is 35.5. The lowest BCUT2D eigenvalue weighted by Gasteiger charge is -2.10. The molecule has 12 rings (SSSR count). The number of alkyl halides is 3. The van der Waals surface area contributed by atoms with E-state index in [1.807, 2.05) is 171 Å². The summed E-state index contributed by atoms with van der Waals surface area (Å²) in [5, 5.41) is 56.1. The summed E-state index contributed by atoms with van der Waals surface area (Å²) in [4.78, 5) is 26.1. The number of phenolic OH excluding ortho intramolecular Hbond substituents is 6. The van der Waals surface area contributed by atoms with Gasteiger partial charge in [-0.3, -0.25) is 29.9 Å². The summed E-state index contributed by atoms with van der Waals surface area (Å²) in [6.45, 7) is 17.3. The molecule has 0 aliphatic carbocycles. The largest absolute Gasteiger partial charge is 0.508 e. The van der Waals surface area contributed by atoms with Gasteiger partial charge in [-0.05, 0) is 261 Å². The fourth-order valence-corrected chi connectivity index (χ4v) is 9.32. The molecule has 12 nitrogen and oxygen atoms in total. The highest BCUT2D eigenvalue weighted by Gasteiger charge is 2.34. The molecule has 0 fully saturated rings. The number of nitrogens with zero attached hydrogens (tertiary/aromatic N) is 6. The summed E-state index contributed by atoms with van der Waals surface area (Å²) in [7, 11) is 0. The first-order valence-corrected chi connectivity index (χ1v) is 29.5. The van der Waals surface area contributed by atoms with E-state index in [-0.39, 0.29) is 17.2 Å². The summed E-state index contributed by atoms with van der Waals surface area (Å²) in [6.07, 6.45) is -4.58. The van der Waals surface area contributed by atoms with Gasteiger partial charge in [0.2, 0.25) is 0 Å². The van der Waals surface area contributed by atoms with E-state index in [1.165, 1.54) is 18.2 Å². The number of hydrogen-bond acceptors (Lipinski definition) is 12. The van der Waals surface area contributed by atoms with E-state index in [1.54, 1.807) is 79.7 Å². The molecule has 0 unspecified atom stereocenters. The van der Waals surface area contributed by atoms with Crippen molar-refractivity contribution in [3.8, 4) is 102 Å². The maximum absolute atomic E-state index is 13.1. The zero-order chi connectivity index (χ0) is 67.5. The minimum absolute atomic E-state index is 0.0908. The molecule has 0 saturated heterocycles. The van der Waals surface area contributed by atoms with Crippen LogP contribution in [0.2, 0.25) is 5.02 Å². The van der Waals surface area contributed by atoms with Gasteiger partial charge < -0.3 is 30.6 Å². The molecule has 93 heavy (non-hydrogen) atoms. The van der Waals surface area contributed by atoms with Crippen molar-refractivity contribution >= 4 is 11.6 Å². The van der Waals surface area contributed by atoms with E-state index >= 15 is 0 Å². The fraction of sp³-hybridized carbons (Fsp3) is 0.132. The lowest BCUT2D eigenvalue weighted by molar-refractivity contribution is -0.138. The monoisotopic (exact) mass is 1270 g/mol. The molecule has 6 aromatic heterocycles. The maximum Gasteiger partial charge on any atom is 0.419 e. The van der Waals surface area contributed by atoms with Crippen molar-refractivity contribution in [1.29, 1.82) is 0 Å². The van der Waals surface area contributed by atoms with Crippen LogP contribution in [-0.2, 0) is 6.18 Å². The zero-order valence-electron chi connectivity index (χ0n) is 52.5. The Hall–Kier alpha value is -11.0. The van der Waals surface area contributed by atoms with Crippen LogP contribution in [0, 0.1) is 68.1 Å². The Labute approximate surface area is 543 Å². The quantitative estimate of drug-likeness (QED) is 0.0863. The topological polar surface area (TPSA) is 199 Å². The van der Waals surface area contributed by atoms with Gasteiger partial charge in [-0.15, -0.1) is 0 Å². The number of pyridine rings is 6. The molecule has 0 amide bonds. The molecule has 0 atom stereocenters. The van der Waals surface area contributed by atoms with Crippen LogP contribution in [-0.4, -0.2) is 60.5 Å². The molecule has 0 spiro atoms. The highest BCUT2D eigenvalue weighted by molar-refractivity contribution is 6.32. The van der Waals surface area contributed by atoms with Gasteiger partial charge in [-0.25, -0.2) is 4.39 Å². The van der Waals surface area contributed by atoms with Gasteiger partial charge in [0, 0.05) is 67.5 Å². The van der Waals surface area contributed by atoms with Gasteiger partial charge in [0.05, 0.1) is 44.7 Å². The summed E-state index contributed by atoms with van der Waals surface area (Å²) in [6, 6.07) is 63.2. The summed E-state index contributed by atoms with van der Waals surface area (Å²) in [5.74, 6) is -0.712. The normalized spacial score (nSPS) is 10.5. The molecule has 6 N–H and O–H groups in total. The predicted octanol–water partition coefficient (Wildman–Crippen LogP) is 19.3. The van der Waals surface area contributed by atoms with Gasteiger partial charge in [-0.1, -0.05) is 48.0 Å². The smallest absolute Gasteiger partial charge is 0.419 e. The van der Waals surface area contributed by atoms with E-state index in [2.05, 4.69) is 29.9 Å². The van der Waals surface area contributed by atoms with E-state index < -0.39 is 23.3 Å². The number of phenols is 6. The Morgan fingerprint density at radius 2 is 0.656 bits per heavy atom. The van der Waals surface area contributed by atoms with Gasteiger partial charge >= 0.3 is 6.18 Å². The number of halogens is 5. The van der Waals surface area contributed by atoms with Gasteiger partial charge in [-0.2, -0.15) is 13.2 Å². The Morgan fingerprint density at radius 1 is 0.312 bits per heavy atom. The number of hydrogen-bond donors (Lipinski definition) is 6. The maximum atomic E-state index is 13.1. The van der Waals surface area contributed by atoms with Gasteiger partial charge in [0.25, 0.3) is 0 Å². The second-order valence-corrected chi connectivity index (χ2v) is 22.0. The average molecular weight is 1270 g/mol. The van der Waals surface area contributed by atoms with E-state index in [9.17, 15) is 38.0 Å². The Kier molecular flexibility index (Phi) is 24.0. The molecule has 17 heteroatoms. The molecule has 474 valence electrons. The van der Waals surface area contributed by atoms with Crippen LogP contribution in [0.3, 0.4) is 0 Å². The van der Waals surface area contributed by atoms with Crippen molar-refractivity contribution in [2.24, 2.45) is 0 Å². The molecule has 6 aromatic carbocycles. The number of aromatic nitrogens is 6. The molecule has 0 bridgehead atoms. The van der Waals surface area contributed by atoms with Crippen LogP contribution < -0.4 is 0 Å². The van der Waals surface area contributed by atoms with E-state index in [0.717, 1.165) is 102 Å². The molecular formula is C76H69ClF4N6O6. The SMILES string of the molecule is Cc1cccc(-c2cc(C)c(O)c(C)c2)n1.Cc1cccc(-c2ccc(O)c(C(F)(F)F)c2)n1.Cc1cccc(-c2ccc(O)c(Cl)c2)n1.Cc1cccc(-c2ccc(O)c(F)c2)n1.Cc1cccc(-c2ccc(O)cc2)n1.Cc1cccc(-c2ccc(O)cc2C)n1. The molecule has 0 aliphatic rings. The molecule has 0 aliphatic heterocycles. The second kappa shape index (κ2) is 32.2. The lowest BCUT2D eigenvalue weighted by atomic mass is 10.0. The molecule has 12 aromatic rings. The average Bonchev–Trinajstić information content (AvgIpc) is 0.973. The first kappa shape index (κ1) is 69.5. The van der Waals surface area contributed by atoms with Crippen molar-refractivity contribution < 1.29 is 48.2 Å². The van der Waals surface area contributed by atoms with E-state index in [4.69, 9.17) is 21.8 Å². The first-order chi connectivity index (χ1) is 44.2. The fourth-order valence-electron chi connectivity index (χ4n) is 9.14. The molecule has 0 saturated carbocycles. The number of rotatable bonds is 6. The third-order valence-corrected chi connectivity index (χ3v) is 14.2. The van der Waals surface area contributed by atoms with Crippen molar-refractivity contribution in [2.45, 2.75) is 68.5 Å². The number of benzene rings is 6. The van der Waals surface area contributed by atoms with Crippen molar-refractivity contribution in [2.75, 3.05) is 0 Å². The minimum Gasteiger partial charge on any atom is -0.508 e. The van der Waals surface area contributed by atoms with Crippen LogP contribution in [0.4, 0.5) is 17.6 Å². The Balaban J connectivity index is 0.000000158. The molecular weight excluding hydrogens is 1200 g/mol. The van der Waals surface area contributed by atoms with Gasteiger partial charge in [0.15, 0.2) is 11.6 Å². The lowest BCUT2D eigenvalue weighted by Crippen LogP contribution is -2.05.